The van der Waals surface area contributed by atoms with Crippen LogP contribution in [0.1, 0.15) is 44.7 Å². The zero-order valence-electron chi connectivity index (χ0n) is 14.2. The molecular formula is C17H28N4O2. The first-order valence-electron chi connectivity index (χ1n) is 8.78. The van der Waals surface area contributed by atoms with Gasteiger partial charge in [0.25, 0.3) is 0 Å². The lowest BCUT2D eigenvalue weighted by Gasteiger charge is -2.53. The number of aromatic nitrogens is 2. The van der Waals surface area contributed by atoms with Gasteiger partial charge < -0.3 is 15.4 Å². The summed E-state index contributed by atoms with van der Waals surface area (Å²) in [5, 5.41) is 10.4. The van der Waals surface area contributed by atoms with Crippen molar-refractivity contribution in [2.24, 2.45) is 12.5 Å². The summed E-state index contributed by atoms with van der Waals surface area (Å²) in [5.74, 6) is 0. The molecule has 2 N–H and O–H groups in total. The van der Waals surface area contributed by atoms with Gasteiger partial charge in [-0.3, -0.25) is 4.68 Å². The summed E-state index contributed by atoms with van der Waals surface area (Å²) in [5.41, 5.74) is 1.19. The molecule has 2 aliphatic carbocycles. The van der Waals surface area contributed by atoms with Crippen molar-refractivity contribution in [3.05, 3.63) is 18.0 Å². The van der Waals surface area contributed by atoms with Gasteiger partial charge in [0.2, 0.25) is 0 Å². The zero-order valence-corrected chi connectivity index (χ0v) is 14.2. The smallest absolute Gasteiger partial charge is 0.315 e. The van der Waals surface area contributed by atoms with E-state index in [0.29, 0.717) is 12.6 Å². The number of nitrogens with one attached hydrogen (secondary N) is 2. The number of ether oxygens (including phenoxy) is 1. The van der Waals surface area contributed by atoms with E-state index in [1.54, 1.807) is 4.68 Å². The van der Waals surface area contributed by atoms with E-state index < -0.39 is 0 Å². The summed E-state index contributed by atoms with van der Waals surface area (Å²) < 4.78 is 7.67. The van der Waals surface area contributed by atoms with E-state index in [4.69, 9.17) is 4.74 Å². The molecule has 0 saturated heterocycles. The van der Waals surface area contributed by atoms with Gasteiger partial charge in [0.15, 0.2) is 0 Å². The molecule has 2 amide bonds. The van der Waals surface area contributed by atoms with Crippen molar-refractivity contribution < 1.29 is 9.53 Å². The van der Waals surface area contributed by atoms with Gasteiger partial charge in [0.05, 0.1) is 11.8 Å². The topological polar surface area (TPSA) is 68.2 Å². The highest BCUT2D eigenvalue weighted by molar-refractivity contribution is 5.74. The number of carbonyl (C=O) groups excluding carboxylic acids is 1. The van der Waals surface area contributed by atoms with E-state index in [9.17, 15) is 4.79 Å². The molecule has 2 fully saturated rings. The third-order valence-corrected chi connectivity index (χ3v) is 5.43. The fourth-order valence-corrected chi connectivity index (χ4v) is 4.20. The quantitative estimate of drug-likeness (QED) is 0.842. The van der Waals surface area contributed by atoms with Crippen LogP contribution in [0.3, 0.4) is 0 Å². The van der Waals surface area contributed by atoms with Crippen molar-refractivity contribution in [2.45, 2.75) is 57.6 Å². The Kier molecular flexibility index (Phi) is 4.90. The zero-order chi connectivity index (χ0) is 16.3. The lowest BCUT2D eigenvalue weighted by atomic mass is 9.60. The van der Waals surface area contributed by atoms with E-state index in [-0.39, 0.29) is 17.5 Å². The van der Waals surface area contributed by atoms with Crippen LogP contribution < -0.4 is 10.6 Å². The van der Waals surface area contributed by atoms with Crippen LogP contribution in [-0.2, 0) is 18.2 Å². The van der Waals surface area contributed by atoms with Gasteiger partial charge in [-0.25, -0.2) is 4.79 Å². The summed E-state index contributed by atoms with van der Waals surface area (Å²) in [7, 11) is 1.90. The molecule has 0 aliphatic heterocycles. The van der Waals surface area contributed by atoms with Gasteiger partial charge in [0.1, 0.15) is 0 Å². The lowest BCUT2D eigenvalue weighted by Crippen LogP contribution is -2.64. The number of carbonyl (C=O) groups is 1. The predicted octanol–water partition coefficient (Wildman–Crippen LogP) is 2.00. The SMILES string of the molecule is CCO[C@H]1C[C@H](NC(=O)NCCc2ccn(C)n2)C12CCCC2. The van der Waals surface area contributed by atoms with Crippen molar-refractivity contribution >= 4 is 6.03 Å². The second-order valence-electron chi connectivity index (χ2n) is 6.80. The molecule has 128 valence electrons. The molecule has 6 heteroatoms. The molecule has 0 radical (unpaired) electrons. The Hall–Kier alpha value is -1.56. The summed E-state index contributed by atoms with van der Waals surface area (Å²) >= 11 is 0. The monoisotopic (exact) mass is 320 g/mol. The molecular weight excluding hydrogens is 292 g/mol. The van der Waals surface area contributed by atoms with Crippen molar-refractivity contribution in [3.63, 3.8) is 0 Å². The number of nitrogens with zero attached hydrogens (tertiary/aromatic N) is 2. The number of rotatable bonds is 6. The second-order valence-corrected chi connectivity index (χ2v) is 6.80. The van der Waals surface area contributed by atoms with Crippen LogP contribution in [0.4, 0.5) is 4.79 Å². The molecule has 2 aliphatic rings. The van der Waals surface area contributed by atoms with Crippen molar-refractivity contribution in [1.82, 2.24) is 20.4 Å². The summed E-state index contributed by atoms with van der Waals surface area (Å²) in [6.45, 7) is 3.42. The van der Waals surface area contributed by atoms with Crippen LogP contribution in [0.2, 0.25) is 0 Å². The van der Waals surface area contributed by atoms with Gasteiger partial charge in [-0.2, -0.15) is 5.10 Å². The summed E-state index contributed by atoms with van der Waals surface area (Å²) in [6, 6.07) is 2.18. The number of hydrogen-bond donors (Lipinski definition) is 2. The molecule has 1 aromatic rings. The second kappa shape index (κ2) is 6.91. The van der Waals surface area contributed by atoms with Crippen molar-refractivity contribution in [2.75, 3.05) is 13.2 Å². The number of amides is 2. The van der Waals surface area contributed by atoms with E-state index in [1.807, 2.05) is 26.2 Å². The Bertz CT molecular complexity index is 536. The highest BCUT2D eigenvalue weighted by Gasteiger charge is 2.57. The Morgan fingerprint density at radius 1 is 1.48 bits per heavy atom. The fraction of sp³-hybridized carbons (Fsp3) is 0.765. The molecule has 2 saturated carbocycles. The minimum Gasteiger partial charge on any atom is -0.378 e. The first kappa shape index (κ1) is 16.3. The third kappa shape index (κ3) is 3.37. The van der Waals surface area contributed by atoms with Crippen molar-refractivity contribution in [1.29, 1.82) is 0 Å². The van der Waals surface area contributed by atoms with Gasteiger partial charge >= 0.3 is 6.03 Å². The van der Waals surface area contributed by atoms with E-state index >= 15 is 0 Å². The number of aryl methyl sites for hydroxylation is 1. The van der Waals surface area contributed by atoms with Crippen LogP contribution in [0.25, 0.3) is 0 Å². The fourth-order valence-electron chi connectivity index (χ4n) is 4.20. The number of hydrogen-bond acceptors (Lipinski definition) is 3. The average molecular weight is 320 g/mol. The molecule has 1 heterocycles. The highest BCUT2D eigenvalue weighted by Crippen LogP contribution is 2.54. The van der Waals surface area contributed by atoms with Crippen LogP contribution in [0.15, 0.2) is 12.3 Å². The normalized spacial score (nSPS) is 25.3. The van der Waals surface area contributed by atoms with Gasteiger partial charge in [-0.15, -0.1) is 0 Å². The first-order chi connectivity index (χ1) is 11.1. The standard InChI is InChI=1S/C17H28N4O2/c1-3-23-15-12-14(17(15)8-4-5-9-17)19-16(22)18-10-6-13-7-11-21(2)20-13/h7,11,14-15H,3-6,8-10,12H2,1-2H3,(H2,18,19,22)/t14-,15-/m0/s1. The van der Waals surface area contributed by atoms with Gasteiger partial charge in [0, 0.05) is 44.3 Å². The van der Waals surface area contributed by atoms with Crippen LogP contribution >= 0.6 is 0 Å². The van der Waals surface area contributed by atoms with E-state index in [1.165, 1.54) is 25.7 Å². The van der Waals surface area contributed by atoms with Crippen LogP contribution in [-0.4, -0.2) is 41.1 Å². The summed E-state index contributed by atoms with van der Waals surface area (Å²) in [4.78, 5) is 12.2. The minimum absolute atomic E-state index is 0.0628. The predicted molar refractivity (Wildman–Crippen MR) is 88.2 cm³/mol. The van der Waals surface area contributed by atoms with Crippen LogP contribution in [0.5, 0.6) is 0 Å². The average Bonchev–Trinajstić information content (AvgIpc) is 3.17. The molecule has 0 bridgehead atoms. The Morgan fingerprint density at radius 2 is 2.26 bits per heavy atom. The maximum absolute atomic E-state index is 12.2. The molecule has 1 spiro atoms. The molecule has 0 aromatic carbocycles. The Balaban J connectivity index is 1.44. The Labute approximate surface area is 138 Å². The maximum atomic E-state index is 12.2. The van der Waals surface area contributed by atoms with Gasteiger partial charge in [-0.1, -0.05) is 12.8 Å². The van der Waals surface area contributed by atoms with E-state index in [2.05, 4.69) is 15.7 Å². The molecule has 1 aromatic heterocycles. The maximum Gasteiger partial charge on any atom is 0.315 e. The molecule has 0 unspecified atom stereocenters. The minimum atomic E-state index is -0.0628. The first-order valence-corrected chi connectivity index (χ1v) is 8.78. The molecule has 3 rings (SSSR count). The third-order valence-electron chi connectivity index (χ3n) is 5.43. The van der Waals surface area contributed by atoms with Crippen molar-refractivity contribution in [3.8, 4) is 0 Å². The van der Waals surface area contributed by atoms with Gasteiger partial charge in [-0.05, 0) is 32.3 Å². The molecule has 6 nitrogen and oxygen atoms in total. The lowest BCUT2D eigenvalue weighted by molar-refractivity contribution is -0.126. The highest BCUT2D eigenvalue weighted by atomic mass is 16.5. The van der Waals surface area contributed by atoms with E-state index in [0.717, 1.165) is 25.1 Å². The Morgan fingerprint density at radius 3 is 2.91 bits per heavy atom. The van der Waals surface area contributed by atoms with Crippen LogP contribution in [0, 0.1) is 5.41 Å². The molecule has 2 atom stereocenters. The molecule has 23 heavy (non-hydrogen) atoms. The largest absolute Gasteiger partial charge is 0.378 e. The number of urea groups is 1. The summed E-state index contributed by atoms with van der Waals surface area (Å²) in [6.07, 6.45) is 8.81.